The highest BCUT2D eigenvalue weighted by Crippen LogP contribution is 2.20. The Hall–Kier alpha value is -4.66. The molecule has 192 valence electrons. The van der Waals surface area contributed by atoms with E-state index in [2.05, 4.69) is 0 Å². The molecule has 0 aliphatic carbocycles. The first-order valence-corrected chi connectivity index (χ1v) is 11.8. The number of hydrogen-bond donors (Lipinski definition) is 1. The zero-order valence-corrected chi connectivity index (χ0v) is 20.9. The number of likely N-dealkylation sites (N-methyl/N-ethyl adjacent to an activating group) is 1. The van der Waals surface area contributed by atoms with E-state index in [9.17, 15) is 19.2 Å². The van der Waals surface area contributed by atoms with E-state index in [1.165, 1.54) is 9.80 Å². The first-order valence-electron chi connectivity index (χ1n) is 11.8. The average Bonchev–Trinajstić information content (AvgIpc) is 2.90. The number of rotatable bonds is 10. The molecule has 0 spiro atoms. The number of carbonyl (C=O) groups excluding carboxylic acids is 4. The summed E-state index contributed by atoms with van der Waals surface area (Å²) >= 11 is 0. The van der Waals surface area contributed by atoms with E-state index in [1.54, 1.807) is 80.7 Å². The molecule has 9 nitrogen and oxygen atoms in total. The Morgan fingerprint density at radius 2 is 1.30 bits per heavy atom. The first kappa shape index (κ1) is 26.9. The molecule has 0 unspecified atom stereocenters. The molecule has 3 aromatic rings. The second-order valence-corrected chi connectivity index (χ2v) is 8.18. The number of anilines is 3. The number of nitrogens with two attached hydrogens (primary N) is 1. The number of para-hydroxylation sites is 2. The van der Waals surface area contributed by atoms with Crippen molar-refractivity contribution in [3.63, 3.8) is 0 Å². The van der Waals surface area contributed by atoms with Gasteiger partial charge in [-0.25, -0.2) is 4.79 Å². The van der Waals surface area contributed by atoms with Crippen molar-refractivity contribution < 1.29 is 23.9 Å². The molecular formula is C28H30N4O5. The smallest absolute Gasteiger partial charge is 0.319 e. The lowest BCUT2D eigenvalue weighted by Crippen LogP contribution is -2.48. The summed E-state index contributed by atoms with van der Waals surface area (Å²) in [4.78, 5) is 54.8. The number of benzene rings is 3. The second-order valence-electron chi connectivity index (χ2n) is 8.18. The summed E-state index contributed by atoms with van der Waals surface area (Å²) in [6, 6.07) is 23.6. The van der Waals surface area contributed by atoms with Crippen LogP contribution in [0.5, 0.6) is 0 Å². The van der Waals surface area contributed by atoms with E-state index < -0.39 is 24.5 Å². The van der Waals surface area contributed by atoms with Crippen molar-refractivity contribution in [3.8, 4) is 0 Å². The third-order valence-electron chi connectivity index (χ3n) is 5.62. The molecule has 0 aromatic heterocycles. The Morgan fingerprint density at radius 3 is 1.89 bits per heavy atom. The molecule has 0 radical (unpaired) electrons. The monoisotopic (exact) mass is 502 g/mol. The van der Waals surface area contributed by atoms with Gasteiger partial charge in [-0.3, -0.25) is 19.3 Å². The molecule has 3 aromatic carbocycles. The van der Waals surface area contributed by atoms with Crippen LogP contribution in [-0.2, 0) is 25.5 Å². The quantitative estimate of drug-likeness (QED) is 0.427. The SMILES string of the molecule is CCOC(=O)Cc1cccc(N(CC(=O)N(CC(=O)N(C)c2ccccc2)c2ccccc2)C(N)=O)c1. The normalized spacial score (nSPS) is 10.3. The number of hydrogen-bond acceptors (Lipinski definition) is 5. The number of carbonyl (C=O) groups is 4. The van der Waals surface area contributed by atoms with Gasteiger partial charge in [-0.15, -0.1) is 0 Å². The predicted octanol–water partition coefficient (Wildman–Crippen LogP) is 3.37. The highest BCUT2D eigenvalue weighted by molar-refractivity contribution is 6.07. The van der Waals surface area contributed by atoms with Gasteiger partial charge in [0.05, 0.1) is 13.0 Å². The molecular weight excluding hydrogens is 472 g/mol. The lowest BCUT2D eigenvalue weighted by atomic mass is 10.1. The van der Waals surface area contributed by atoms with Crippen molar-refractivity contribution in [2.75, 3.05) is 41.4 Å². The van der Waals surface area contributed by atoms with Gasteiger partial charge in [0.15, 0.2) is 0 Å². The molecule has 0 aliphatic heterocycles. The Morgan fingerprint density at radius 1 is 0.730 bits per heavy atom. The van der Waals surface area contributed by atoms with Crippen molar-refractivity contribution in [2.45, 2.75) is 13.3 Å². The maximum absolute atomic E-state index is 13.5. The van der Waals surface area contributed by atoms with E-state index in [4.69, 9.17) is 10.5 Å². The fraction of sp³-hybridized carbons (Fsp3) is 0.214. The average molecular weight is 503 g/mol. The van der Waals surface area contributed by atoms with Crippen LogP contribution >= 0.6 is 0 Å². The minimum Gasteiger partial charge on any atom is -0.466 e. The molecule has 2 N–H and O–H groups in total. The van der Waals surface area contributed by atoms with Crippen LogP contribution in [-0.4, -0.2) is 50.6 Å². The van der Waals surface area contributed by atoms with E-state index in [0.717, 1.165) is 4.90 Å². The summed E-state index contributed by atoms with van der Waals surface area (Å²) in [7, 11) is 1.63. The summed E-state index contributed by atoms with van der Waals surface area (Å²) in [5.74, 6) is -1.22. The summed E-state index contributed by atoms with van der Waals surface area (Å²) in [5.41, 5.74) is 7.77. The standard InChI is InChI=1S/C28H30N4O5/c1-3-37-27(35)18-21-11-10-16-24(17-21)32(28(29)36)20-26(34)31(23-14-8-5-9-15-23)19-25(33)30(2)22-12-6-4-7-13-22/h4-17H,3,18-20H2,1-2H3,(H2,29,36). The van der Waals surface area contributed by atoms with E-state index >= 15 is 0 Å². The van der Waals surface area contributed by atoms with Crippen molar-refractivity contribution in [3.05, 3.63) is 90.5 Å². The van der Waals surface area contributed by atoms with Gasteiger partial charge in [-0.05, 0) is 48.9 Å². The molecule has 4 amide bonds. The summed E-state index contributed by atoms with van der Waals surface area (Å²) < 4.78 is 4.99. The minimum atomic E-state index is -0.845. The van der Waals surface area contributed by atoms with E-state index in [0.29, 0.717) is 22.6 Å². The molecule has 0 bridgehead atoms. The topological polar surface area (TPSA) is 113 Å². The first-order chi connectivity index (χ1) is 17.8. The predicted molar refractivity (Wildman–Crippen MR) is 142 cm³/mol. The second kappa shape index (κ2) is 12.9. The van der Waals surface area contributed by atoms with Crippen molar-refractivity contribution in [2.24, 2.45) is 5.73 Å². The zero-order valence-electron chi connectivity index (χ0n) is 20.9. The van der Waals surface area contributed by atoms with Crippen LogP contribution in [0, 0.1) is 0 Å². The summed E-state index contributed by atoms with van der Waals surface area (Å²) in [6.45, 7) is 1.32. The molecule has 37 heavy (non-hydrogen) atoms. The van der Waals surface area contributed by atoms with Gasteiger partial charge in [0, 0.05) is 24.1 Å². The molecule has 0 heterocycles. The molecule has 0 aliphatic rings. The molecule has 0 saturated carbocycles. The highest BCUT2D eigenvalue weighted by atomic mass is 16.5. The largest absolute Gasteiger partial charge is 0.466 e. The van der Waals surface area contributed by atoms with Gasteiger partial charge >= 0.3 is 12.0 Å². The number of esters is 1. The van der Waals surface area contributed by atoms with Crippen molar-refractivity contribution >= 4 is 40.9 Å². The zero-order chi connectivity index (χ0) is 26.8. The Bertz CT molecular complexity index is 1230. The highest BCUT2D eigenvalue weighted by Gasteiger charge is 2.26. The van der Waals surface area contributed by atoms with Gasteiger partial charge in [0.2, 0.25) is 11.8 Å². The van der Waals surface area contributed by atoms with Crippen LogP contribution in [0.25, 0.3) is 0 Å². The van der Waals surface area contributed by atoms with Gasteiger partial charge in [0.1, 0.15) is 13.1 Å². The van der Waals surface area contributed by atoms with Crippen molar-refractivity contribution in [1.29, 1.82) is 0 Å². The molecule has 0 saturated heterocycles. The third kappa shape index (κ3) is 7.41. The van der Waals surface area contributed by atoms with Gasteiger partial charge in [0.25, 0.3) is 0 Å². The summed E-state index contributed by atoms with van der Waals surface area (Å²) in [5, 5.41) is 0. The van der Waals surface area contributed by atoms with Crippen LogP contribution in [0.4, 0.5) is 21.9 Å². The van der Waals surface area contributed by atoms with Gasteiger partial charge < -0.3 is 20.3 Å². The maximum Gasteiger partial charge on any atom is 0.319 e. The van der Waals surface area contributed by atoms with Gasteiger partial charge in [-0.1, -0.05) is 48.5 Å². The fourth-order valence-corrected chi connectivity index (χ4v) is 3.70. The summed E-state index contributed by atoms with van der Waals surface area (Å²) in [6.07, 6.45) is 0.0126. The lowest BCUT2D eigenvalue weighted by Gasteiger charge is -2.28. The van der Waals surface area contributed by atoms with Crippen LogP contribution in [0.2, 0.25) is 0 Å². The lowest BCUT2D eigenvalue weighted by molar-refractivity contribution is -0.142. The maximum atomic E-state index is 13.5. The number of amides is 4. The Labute approximate surface area is 216 Å². The van der Waals surface area contributed by atoms with Gasteiger partial charge in [-0.2, -0.15) is 0 Å². The number of ether oxygens (including phenoxy) is 1. The molecule has 0 atom stereocenters. The molecule has 9 heteroatoms. The molecule has 3 rings (SSSR count). The number of nitrogens with zero attached hydrogens (tertiary/aromatic N) is 3. The van der Waals surface area contributed by atoms with Crippen molar-refractivity contribution in [1.82, 2.24) is 0 Å². The van der Waals surface area contributed by atoms with Crippen LogP contribution in [0.1, 0.15) is 12.5 Å². The number of primary amides is 1. The van der Waals surface area contributed by atoms with Crippen LogP contribution < -0.4 is 20.4 Å². The fourth-order valence-electron chi connectivity index (χ4n) is 3.70. The Balaban J connectivity index is 1.84. The number of urea groups is 1. The molecule has 0 fully saturated rings. The van der Waals surface area contributed by atoms with Crippen LogP contribution in [0.3, 0.4) is 0 Å². The van der Waals surface area contributed by atoms with E-state index in [-0.39, 0.29) is 25.5 Å². The van der Waals surface area contributed by atoms with E-state index in [1.807, 2.05) is 18.2 Å². The minimum absolute atomic E-state index is 0.0126. The third-order valence-corrected chi connectivity index (χ3v) is 5.62. The Kier molecular flexibility index (Phi) is 9.37. The van der Waals surface area contributed by atoms with Crippen LogP contribution in [0.15, 0.2) is 84.9 Å².